The van der Waals surface area contributed by atoms with Gasteiger partial charge in [-0.05, 0) is 45.4 Å². The number of carbonyl (C=O) groups is 1. The van der Waals surface area contributed by atoms with Crippen LogP contribution in [0.5, 0.6) is 0 Å². The zero-order chi connectivity index (χ0) is 15.2. The van der Waals surface area contributed by atoms with E-state index >= 15 is 0 Å². The monoisotopic (exact) mass is 332 g/mol. The predicted molar refractivity (Wildman–Crippen MR) is 92.2 cm³/mol. The van der Waals surface area contributed by atoms with E-state index in [1.807, 2.05) is 18.7 Å². The standard InChI is InChI=1S/C17H32N2O2.ClH/c1-13(18)15-8-7-11-19(12-15)17(20)14(2)21-16-9-5-3-4-6-10-16;/h13-16H,3-12,18H2,1-2H3;1H. The molecule has 2 aliphatic rings. The molecule has 0 spiro atoms. The largest absolute Gasteiger partial charge is 0.365 e. The number of piperidine rings is 1. The Labute approximate surface area is 141 Å². The fourth-order valence-corrected chi connectivity index (χ4v) is 3.62. The van der Waals surface area contributed by atoms with E-state index in [4.69, 9.17) is 10.5 Å². The van der Waals surface area contributed by atoms with E-state index in [0.29, 0.717) is 5.92 Å². The van der Waals surface area contributed by atoms with Crippen LogP contribution < -0.4 is 5.73 Å². The summed E-state index contributed by atoms with van der Waals surface area (Å²) < 4.78 is 6.06. The SMILES string of the molecule is CC(OC1CCCCCC1)C(=O)N1CCCC(C(C)N)C1.Cl. The molecule has 2 fully saturated rings. The molecule has 0 bridgehead atoms. The van der Waals surface area contributed by atoms with Crippen LogP contribution in [0, 0.1) is 5.92 Å². The number of halogens is 1. The van der Waals surface area contributed by atoms with E-state index in [9.17, 15) is 4.79 Å². The van der Waals surface area contributed by atoms with Crippen molar-refractivity contribution in [3.05, 3.63) is 0 Å². The van der Waals surface area contributed by atoms with Gasteiger partial charge in [-0.15, -0.1) is 12.4 Å². The molecule has 22 heavy (non-hydrogen) atoms. The van der Waals surface area contributed by atoms with E-state index in [1.165, 1.54) is 25.7 Å². The number of carbonyl (C=O) groups excluding carboxylic acids is 1. The second-order valence-electron chi connectivity index (χ2n) is 6.94. The number of ether oxygens (including phenoxy) is 1. The zero-order valence-electron chi connectivity index (χ0n) is 14.1. The molecule has 2 rings (SSSR count). The van der Waals surface area contributed by atoms with Gasteiger partial charge in [-0.3, -0.25) is 4.79 Å². The molecule has 2 N–H and O–H groups in total. The van der Waals surface area contributed by atoms with Crippen LogP contribution in [0.15, 0.2) is 0 Å². The summed E-state index contributed by atoms with van der Waals surface area (Å²) in [6, 6.07) is 0.165. The molecule has 4 nitrogen and oxygen atoms in total. The summed E-state index contributed by atoms with van der Waals surface area (Å²) in [5, 5.41) is 0. The number of hydrogen-bond donors (Lipinski definition) is 1. The fourth-order valence-electron chi connectivity index (χ4n) is 3.62. The van der Waals surface area contributed by atoms with Crippen LogP contribution >= 0.6 is 12.4 Å². The Morgan fingerprint density at radius 3 is 2.32 bits per heavy atom. The van der Waals surface area contributed by atoms with Crippen molar-refractivity contribution in [1.82, 2.24) is 4.90 Å². The average molecular weight is 333 g/mol. The van der Waals surface area contributed by atoms with Crippen molar-refractivity contribution in [3.8, 4) is 0 Å². The van der Waals surface area contributed by atoms with Gasteiger partial charge in [0.1, 0.15) is 6.10 Å². The van der Waals surface area contributed by atoms with E-state index in [2.05, 4.69) is 0 Å². The highest BCUT2D eigenvalue weighted by atomic mass is 35.5. The van der Waals surface area contributed by atoms with Crippen LogP contribution in [0.3, 0.4) is 0 Å². The van der Waals surface area contributed by atoms with Gasteiger partial charge in [0.25, 0.3) is 5.91 Å². The Morgan fingerprint density at radius 2 is 1.73 bits per heavy atom. The van der Waals surface area contributed by atoms with Gasteiger partial charge in [0, 0.05) is 19.1 Å². The maximum Gasteiger partial charge on any atom is 0.251 e. The summed E-state index contributed by atoms with van der Waals surface area (Å²) in [6.07, 6.45) is 9.49. The fraction of sp³-hybridized carbons (Fsp3) is 0.941. The van der Waals surface area contributed by atoms with Gasteiger partial charge in [0.05, 0.1) is 6.10 Å². The molecular weight excluding hydrogens is 300 g/mol. The minimum atomic E-state index is -0.306. The molecule has 3 atom stereocenters. The van der Waals surface area contributed by atoms with Crippen LogP contribution in [-0.2, 0) is 9.53 Å². The van der Waals surface area contributed by atoms with Crippen LogP contribution in [0.4, 0.5) is 0 Å². The van der Waals surface area contributed by atoms with Crippen LogP contribution in [0.2, 0.25) is 0 Å². The molecule has 1 amide bonds. The van der Waals surface area contributed by atoms with Gasteiger partial charge >= 0.3 is 0 Å². The molecule has 1 saturated carbocycles. The molecular formula is C17H33ClN2O2. The Balaban J connectivity index is 0.00000242. The summed E-state index contributed by atoms with van der Waals surface area (Å²) >= 11 is 0. The highest BCUT2D eigenvalue weighted by molar-refractivity contribution is 5.85. The Hall–Kier alpha value is -0.320. The van der Waals surface area contributed by atoms with E-state index < -0.39 is 0 Å². The third kappa shape index (κ3) is 5.71. The second-order valence-corrected chi connectivity index (χ2v) is 6.94. The zero-order valence-corrected chi connectivity index (χ0v) is 14.9. The Kier molecular flexibility index (Phi) is 8.73. The smallest absolute Gasteiger partial charge is 0.251 e. The van der Waals surface area contributed by atoms with E-state index in [-0.39, 0.29) is 36.6 Å². The Bertz CT molecular complexity index is 331. The molecule has 0 aromatic carbocycles. The summed E-state index contributed by atoms with van der Waals surface area (Å²) in [4.78, 5) is 14.6. The van der Waals surface area contributed by atoms with Crippen molar-refractivity contribution in [2.75, 3.05) is 13.1 Å². The number of hydrogen-bond acceptors (Lipinski definition) is 3. The lowest BCUT2D eigenvalue weighted by atomic mass is 9.92. The minimum absolute atomic E-state index is 0. The number of nitrogens with zero attached hydrogens (tertiary/aromatic N) is 1. The van der Waals surface area contributed by atoms with Gasteiger partial charge in [0.2, 0.25) is 0 Å². The first-order chi connectivity index (χ1) is 10.1. The lowest BCUT2D eigenvalue weighted by Gasteiger charge is -2.36. The molecule has 5 heteroatoms. The topological polar surface area (TPSA) is 55.6 Å². The van der Waals surface area contributed by atoms with Gasteiger partial charge in [0.15, 0.2) is 0 Å². The summed E-state index contributed by atoms with van der Waals surface area (Å²) in [7, 11) is 0. The number of nitrogens with two attached hydrogens (primary N) is 1. The molecule has 0 aromatic heterocycles. The van der Waals surface area contributed by atoms with Crippen LogP contribution in [0.1, 0.15) is 65.2 Å². The molecule has 1 heterocycles. The van der Waals surface area contributed by atoms with Crippen molar-refractivity contribution >= 4 is 18.3 Å². The first-order valence-electron chi connectivity index (χ1n) is 8.77. The van der Waals surface area contributed by atoms with E-state index in [1.54, 1.807) is 0 Å². The normalized spacial score (nSPS) is 26.7. The molecule has 1 saturated heterocycles. The molecule has 1 aliphatic carbocycles. The lowest BCUT2D eigenvalue weighted by molar-refractivity contribution is -0.148. The average Bonchev–Trinajstić information content (AvgIpc) is 2.75. The van der Waals surface area contributed by atoms with Gasteiger partial charge in [-0.1, -0.05) is 25.7 Å². The maximum absolute atomic E-state index is 12.6. The molecule has 1 aliphatic heterocycles. The molecule has 0 aromatic rings. The Morgan fingerprint density at radius 1 is 1.09 bits per heavy atom. The summed E-state index contributed by atoms with van der Waals surface area (Å²) in [5.41, 5.74) is 6.00. The minimum Gasteiger partial charge on any atom is -0.365 e. The van der Waals surface area contributed by atoms with Crippen molar-refractivity contribution in [1.29, 1.82) is 0 Å². The molecule has 3 unspecified atom stereocenters. The number of likely N-dealkylation sites (tertiary alicyclic amines) is 1. The van der Waals surface area contributed by atoms with Gasteiger partial charge in [-0.2, -0.15) is 0 Å². The highest BCUT2D eigenvalue weighted by Gasteiger charge is 2.30. The quantitative estimate of drug-likeness (QED) is 0.805. The van der Waals surface area contributed by atoms with Crippen molar-refractivity contribution in [2.45, 2.75) is 83.5 Å². The molecule has 0 radical (unpaired) electrons. The first-order valence-corrected chi connectivity index (χ1v) is 8.77. The number of amides is 1. The lowest BCUT2D eigenvalue weighted by Crippen LogP contribution is -2.48. The second kappa shape index (κ2) is 9.74. The third-order valence-electron chi connectivity index (χ3n) is 5.06. The number of rotatable bonds is 4. The third-order valence-corrected chi connectivity index (χ3v) is 5.06. The predicted octanol–water partition coefficient (Wildman–Crippen LogP) is 3.12. The maximum atomic E-state index is 12.6. The van der Waals surface area contributed by atoms with Crippen LogP contribution in [0.25, 0.3) is 0 Å². The summed E-state index contributed by atoms with van der Waals surface area (Å²) in [5.74, 6) is 0.595. The highest BCUT2D eigenvalue weighted by Crippen LogP contribution is 2.23. The van der Waals surface area contributed by atoms with Crippen molar-refractivity contribution in [3.63, 3.8) is 0 Å². The van der Waals surface area contributed by atoms with Gasteiger partial charge < -0.3 is 15.4 Å². The van der Waals surface area contributed by atoms with Crippen molar-refractivity contribution in [2.24, 2.45) is 11.7 Å². The van der Waals surface area contributed by atoms with Crippen LogP contribution in [-0.4, -0.2) is 42.1 Å². The van der Waals surface area contributed by atoms with Gasteiger partial charge in [-0.25, -0.2) is 0 Å². The van der Waals surface area contributed by atoms with E-state index in [0.717, 1.165) is 38.8 Å². The molecule has 130 valence electrons. The van der Waals surface area contributed by atoms with Crippen molar-refractivity contribution < 1.29 is 9.53 Å². The summed E-state index contributed by atoms with van der Waals surface area (Å²) in [6.45, 7) is 5.63. The first kappa shape index (κ1) is 19.7.